The van der Waals surface area contributed by atoms with Gasteiger partial charge >= 0.3 is 0 Å². The number of hydrogen-bond donors (Lipinski definition) is 1. The molecule has 0 aliphatic rings. The molecule has 0 bridgehead atoms. The van der Waals surface area contributed by atoms with E-state index in [1.165, 1.54) is 38.4 Å². The van der Waals surface area contributed by atoms with Crippen LogP contribution in [0.1, 0.15) is 35.7 Å². The second-order valence-electron chi connectivity index (χ2n) is 7.95. The van der Waals surface area contributed by atoms with E-state index < -0.39 is 21.7 Å². The van der Waals surface area contributed by atoms with Crippen molar-refractivity contribution in [2.45, 2.75) is 26.2 Å². The third kappa shape index (κ3) is 5.22. The fourth-order valence-corrected chi connectivity index (χ4v) is 3.98. The van der Waals surface area contributed by atoms with Crippen molar-refractivity contribution >= 4 is 39.1 Å². The molecular formula is C23H26FN3O5S. The number of anilines is 1. The van der Waals surface area contributed by atoms with Crippen molar-refractivity contribution in [2.75, 3.05) is 24.7 Å². The summed E-state index contributed by atoms with van der Waals surface area (Å²) in [5.74, 6) is -0.584. The number of fused-ring (bicyclic) bond motifs is 1. The van der Waals surface area contributed by atoms with Crippen molar-refractivity contribution in [2.24, 2.45) is 5.92 Å². The van der Waals surface area contributed by atoms with Crippen LogP contribution in [0.5, 0.6) is 0 Å². The summed E-state index contributed by atoms with van der Waals surface area (Å²) in [4.78, 5) is 28.2. The number of nitrogens with zero attached hydrogens (tertiary/aromatic N) is 2. The first-order chi connectivity index (χ1) is 15.6. The highest BCUT2D eigenvalue weighted by atomic mass is 32.2. The first-order valence-corrected chi connectivity index (χ1v) is 12.2. The maximum Gasteiger partial charge on any atom is 0.255 e. The molecule has 1 N–H and O–H groups in total. The number of halogens is 1. The quantitative estimate of drug-likeness (QED) is 0.474. The van der Waals surface area contributed by atoms with Gasteiger partial charge in [-0.1, -0.05) is 6.92 Å². The van der Waals surface area contributed by atoms with Gasteiger partial charge < -0.3 is 14.5 Å². The SMILES string of the molecule is CNC(=O)c1c(-c2ccc(F)cc2)oc2nc(N(C)S(C)(=O)=O)c(CCCC(C)C=O)cc12. The third-order valence-electron chi connectivity index (χ3n) is 5.43. The minimum absolute atomic E-state index is 0.0865. The number of sulfonamides is 1. The predicted octanol–water partition coefficient (Wildman–Crippen LogP) is 3.55. The smallest absolute Gasteiger partial charge is 0.255 e. The van der Waals surface area contributed by atoms with Gasteiger partial charge in [-0.15, -0.1) is 0 Å². The van der Waals surface area contributed by atoms with Crippen molar-refractivity contribution in [3.8, 4) is 11.3 Å². The fourth-order valence-electron chi connectivity index (χ4n) is 3.51. The van der Waals surface area contributed by atoms with Crippen molar-refractivity contribution in [3.05, 3.63) is 47.3 Å². The number of aromatic nitrogens is 1. The second kappa shape index (κ2) is 9.70. The van der Waals surface area contributed by atoms with Crippen LogP contribution in [0, 0.1) is 11.7 Å². The number of carbonyl (C=O) groups excluding carboxylic acids is 2. The number of carbonyl (C=O) groups is 2. The van der Waals surface area contributed by atoms with Gasteiger partial charge in [-0.05, 0) is 55.2 Å². The molecular weight excluding hydrogens is 449 g/mol. The van der Waals surface area contributed by atoms with E-state index in [4.69, 9.17) is 4.42 Å². The molecule has 33 heavy (non-hydrogen) atoms. The molecule has 176 valence electrons. The summed E-state index contributed by atoms with van der Waals surface area (Å²) in [7, 11) is -0.746. The van der Waals surface area contributed by atoms with Gasteiger partial charge in [0.05, 0.1) is 17.2 Å². The van der Waals surface area contributed by atoms with Crippen molar-refractivity contribution < 1.29 is 26.8 Å². The second-order valence-corrected chi connectivity index (χ2v) is 9.97. The number of hydrogen-bond acceptors (Lipinski definition) is 6. The number of pyridine rings is 1. The predicted molar refractivity (Wildman–Crippen MR) is 124 cm³/mol. The minimum Gasteiger partial charge on any atom is -0.437 e. The van der Waals surface area contributed by atoms with Gasteiger partial charge in [0.15, 0.2) is 0 Å². The van der Waals surface area contributed by atoms with E-state index in [1.54, 1.807) is 6.07 Å². The molecule has 0 saturated carbocycles. The van der Waals surface area contributed by atoms with Crippen LogP contribution in [-0.4, -0.2) is 45.9 Å². The van der Waals surface area contributed by atoms with Gasteiger partial charge in [-0.25, -0.2) is 12.8 Å². The van der Waals surface area contributed by atoms with Gasteiger partial charge in [0.25, 0.3) is 5.91 Å². The van der Waals surface area contributed by atoms with E-state index in [-0.39, 0.29) is 28.8 Å². The topological polar surface area (TPSA) is 110 Å². The summed E-state index contributed by atoms with van der Waals surface area (Å²) in [6.07, 6.45) is 3.63. The van der Waals surface area contributed by atoms with Crippen molar-refractivity contribution in [3.63, 3.8) is 0 Å². The molecule has 8 nitrogen and oxygen atoms in total. The Hall–Kier alpha value is -3.27. The summed E-state index contributed by atoms with van der Waals surface area (Å²) >= 11 is 0. The summed E-state index contributed by atoms with van der Waals surface area (Å²) < 4.78 is 44.9. The molecule has 1 aromatic carbocycles. The van der Waals surface area contributed by atoms with E-state index in [0.717, 1.165) is 16.8 Å². The normalized spacial score (nSPS) is 12.5. The molecule has 1 atom stereocenters. The van der Waals surface area contributed by atoms with Crippen LogP contribution < -0.4 is 9.62 Å². The fraction of sp³-hybridized carbons (Fsp3) is 0.348. The summed E-state index contributed by atoms with van der Waals surface area (Å²) in [6.45, 7) is 1.81. The Labute approximate surface area is 191 Å². The minimum atomic E-state index is -3.62. The first-order valence-electron chi connectivity index (χ1n) is 10.4. The Kier molecular flexibility index (Phi) is 7.16. The Bertz CT molecular complexity index is 1290. The first kappa shape index (κ1) is 24.4. The molecule has 0 saturated heterocycles. The molecule has 3 aromatic rings. The average Bonchev–Trinajstić information content (AvgIpc) is 3.15. The van der Waals surface area contributed by atoms with Crippen LogP contribution in [0.3, 0.4) is 0 Å². The summed E-state index contributed by atoms with van der Waals surface area (Å²) in [5, 5.41) is 3.00. The maximum atomic E-state index is 13.4. The van der Waals surface area contributed by atoms with Crippen molar-refractivity contribution in [1.29, 1.82) is 0 Å². The van der Waals surface area contributed by atoms with E-state index in [1.807, 2.05) is 6.92 Å². The lowest BCUT2D eigenvalue weighted by Gasteiger charge is -2.19. The summed E-state index contributed by atoms with van der Waals surface area (Å²) in [5.41, 5.74) is 1.39. The monoisotopic (exact) mass is 475 g/mol. The molecule has 2 heterocycles. The number of benzene rings is 1. The Balaban J connectivity index is 2.23. The molecule has 2 aromatic heterocycles. The van der Waals surface area contributed by atoms with Gasteiger partial charge in [0.2, 0.25) is 15.7 Å². The molecule has 1 unspecified atom stereocenters. The highest BCUT2D eigenvalue weighted by Gasteiger charge is 2.26. The molecule has 0 aliphatic carbocycles. The van der Waals surface area contributed by atoms with Gasteiger partial charge in [0, 0.05) is 25.6 Å². The van der Waals surface area contributed by atoms with Gasteiger partial charge in [0.1, 0.15) is 23.7 Å². The lowest BCUT2D eigenvalue weighted by Crippen LogP contribution is -2.27. The number of furan rings is 1. The average molecular weight is 476 g/mol. The number of aldehydes is 1. The number of amides is 1. The summed E-state index contributed by atoms with van der Waals surface area (Å²) in [6, 6.07) is 7.19. The standard InChI is InChI=1S/C23H26FN3O5S/c1-14(13-28)6-5-7-16-12-18-19(22(29)25-2)20(15-8-10-17(24)11-9-15)32-23(18)26-21(16)27(3)33(4,30)31/h8-14H,5-7H2,1-4H3,(H,25,29). The maximum absolute atomic E-state index is 13.4. The molecule has 10 heteroatoms. The van der Waals surface area contributed by atoms with Crippen LogP contribution in [0.25, 0.3) is 22.4 Å². The lowest BCUT2D eigenvalue weighted by atomic mass is 10.00. The van der Waals surface area contributed by atoms with Crippen LogP contribution in [0.2, 0.25) is 0 Å². The van der Waals surface area contributed by atoms with E-state index >= 15 is 0 Å². The largest absolute Gasteiger partial charge is 0.437 e. The van der Waals surface area contributed by atoms with Crippen LogP contribution in [0.4, 0.5) is 10.2 Å². The Morgan fingerprint density at radius 2 is 1.97 bits per heavy atom. The lowest BCUT2D eigenvalue weighted by molar-refractivity contribution is -0.110. The van der Waals surface area contributed by atoms with Crippen LogP contribution in [-0.2, 0) is 21.2 Å². The number of rotatable bonds is 9. The van der Waals surface area contributed by atoms with Crippen molar-refractivity contribution in [1.82, 2.24) is 10.3 Å². The highest BCUT2D eigenvalue weighted by molar-refractivity contribution is 7.92. The van der Waals surface area contributed by atoms with E-state index in [0.29, 0.717) is 35.8 Å². The Morgan fingerprint density at radius 3 is 2.55 bits per heavy atom. The van der Waals surface area contributed by atoms with E-state index in [2.05, 4.69) is 10.3 Å². The number of nitrogens with one attached hydrogen (secondary N) is 1. The molecule has 3 rings (SSSR count). The molecule has 0 radical (unpaired) electrons. The zero-order valence-corrected chi connectivity index (χ0v) is 19.7. The molecule has 0 spiro atoms. The van der Waals surface area contributed by atoms with Crippen LogP contribution in [0.15, 0.2) is 34.7 Å². The molecule has 0 aliphatic heterocycles. The Morgan fingerprint density at radius 1 is 1.30 bits per heavy atom. The van der Waals surface area contributed by atoms with Gasteiger partial charge in [-0.2, -0.15) is 4.98 Å². The third-order valence-corrected chi connectivity index (χ3v) is 6.60. The molecule has 0 fully saturated rings. The van der Waals surface area contributed by atoms with Crippen LogP contribution >= 0.6 is 0 Å². The number of aryl methyl sites for hydroxylation is 1. The molecule has 1 amide bonds. The highest BCUT2D eigenvalue weighted by Crippen LogP contribution is 2.36. The van der Waals surface area contributed by atoms with E-state index in [9.17, 15) is 22.4 Å². The zero-order chi connectivity index (χ0) is 24.3. The van der Waals surface area contributed by atoms with Gasteiger partial charge in [-0.3, -0.25) is 9.10 Å². The zero-order valence-electron chi connectivity index (χ0n) is 18.9.